The third-order valence-electron chi connectivity index (χ3n) is 2.75. The lowest BCUT2D eigenvalue weighted by atomic mass is 10.0. The highest BCUT2D eigenvalue weighted by Crippen LogP contribution is 2.13. The van der Waals surface area contributed by atoms with Crippen LogP contribution in [0.2, 0.25) is 0 Å². The molecule has 1 aliphatic heterocycles. The molecule has 1 rings (SSSR count). The number of rotatable bonds is 8. The molecule has 0 spiro atoms. The van der Waals surface area contributed by atoms with E-state index in [4.69, 9.17) is 9.84 Å². The predicted molar refractivity (Wildman–Crippen MR) is 65.7 cm³/mol. The minimum atomic E-state index is 0.0611. The second-order valence-corrected chi connectivity index (χ2v) is 4.87. The Labute approximate surface area is 103 Å². The van der Waals surface area contributed by atoms with Gasteiger partial charge in [-0.2, -0.15) is 0 Å². The summed E-state index contributed by atoms with van der Waals surface area (Å²) in [7, 11) is 0. The largest absolute Gasteiger partial charge is 0.396 e. The van der Waals surface area contributed by atoms with Crippen LogP contribution in [0.4, 0.5) is 0 Å². The lowest BCUT2D eigenvalue weighted by Gasteiger charge is -2.37. The summed E-state index contributed by atoms with van der Waals surface area (Å²) in [6.07, 6.45) is 1.10. The molecular formula is C12H24N2O3. The van der Waals surface area contributed by atoms with Gasteiger partial charge in [-0.15, -0.1) is 0 Å². The summed E-state index contributed by atoms with van der Waals surface area (Å²) >= 11 is 0. The fraction of sp³-hybridized carbons (Fsp3) is 0.917. The molecule has 0 aliphatic carbocycles. The molecule has 5 heteroatoms. The van der Waals surface area contributed by atoms with Gasteiger partial charge in [0.25, 0.3) is 0 Å². The molecule has 0 aromatic heterocycles. The van der Waals surface area contributed by atoms with Crippen molar-refractivity contribution < 1.29 is 14.6 Å². The van der Waals surface area contributed by atoms with Gasteiger partial charge in [0.1, 0.15) is 0 Å². The van der Waals surface area contributed by atoms with E-state index in [1.807, 2.05) is 18.7 Å². The molecule has 2 N–H and O–H groups in total. The number of nitrogens with one attached hydrogen (secondary N) is 1. The van der Waals surface area contributed by atoms with Crippen LogP contribution in [0.1, 0.15) is 20.3 Å². The van der Waals surface area contributed by atoms with Gasteiger partial charge in [-0.05, 0) is 20.3 Å². The standard InChI is InChI=1S/C12H24N2O3/c1-10(2)17-5-3-4-13-12(16)8-14-6-11(7-14)9-15/h10-11,15H,3-9H2,1-2H3,(H,13,16). The maximum atomic E-state index is 11.5. The Balaban J connectivity index is 1.92. The summed E-state index contributed by atoms with van der Waals surface area (Å²) in [4.78, 5) is 13.5. The molecule has 1 fully saturated rings. The molecule has 0 unspecified atom stereocenters. The van der Waals surface area contributed by atoms with E-state index < -0.39 is 0 Å². The van der Waals surface area contributed by atoms with Gasteiger partial charge in [-0.25, -0.2) is 0 Å². The van der Waals surface area contributed by atoms with Gasteiger partial charge in [0.15, 0.2) is 0 Å². The number of aliphatic hydroxyl groups excluding tert-OH is 1. The molecular weight excluding hydrogens is 220 g/mol. The molecule has 17 heavy (non-hydrogen) atoms. The Morgan fingerprint density at radius 3 is 2.82 bits per heavy atom. The Morgan fingerprint density at radius 2 is 2.24 bits per heavy atom. The first kappa shape index (κ1) is 14.4. The van der Waals surface area contributed by atoms with Gasteiger partial charge in [0.05, 0.1) is 12.6 Å². The van der Waals surface area contributed by atoms with Crippen molar-refractivity contribution in [3.63, 3.8) is 0 Å². The van der Waals surface area contributed by atoms with Crippen molar-refractivity contribution >= 4 is 5.91 Å². The minimum Gasteiger partial charge on any atom is -0.396 e. The van der Waals surface area contributed by atoms with Crippen LogP contribution in [0.15, 0.2) is 0 Å². The normalized spacial score (nSPS) is 17.2. The maximum absolute atomic E-state index is 11.5. The lowest BCUT2D eigenvalue weighted by Crippen LogP contribution is -2.52. The van der Waals surface area contributed by atoms with Crippen molar-refractivity contribution in [1.29, 1.82) is 0 Å². The molecule has 1 heterocycles. The lowest BCUT2D eigenvalue weighted by molar-refractivity contribution is -0.124. The maximum Gasteiger partial charge on any atom is 0.234 e. The molecule has 0 bridgehead atoms. The van der Waals surface area contributed by atoms with E-state index in [2.05, 4.69) is 5.32 Å². The van der Waals surface area contributed by atoms with Crippen LogP contribution in [0.25, 0.3) is 0 Å². The molecule has 1 aliphatic rings. The number of ether oxygens (including phenoxy) is 1. The summed E-state index contributed by atoms with van der Waals surface area (Å²) in [5.74, 6) is 0.424. The third-order valence-corrected chi connectivity index (χ3v) is 2.75. The van der Waals surface area contributed by atoms with E-state index in [0.717, 1.165) is 19.5 Å². The highest BCUT2D eigenvalue weighted by atomic mass is 16.5. The molecule has 100 valence electrons. The summed E-state index contributed by atoms with van der Waals surface area (Å²) in [5.41, 5.74) is 0. The van der Waals surface area contributed by atoms with Gasteiger partial charge < -0.3 is 15.2 Å². The van der Waals surface area contributed by atoms with Crippen LogP contribution in [0, 0.1) is 5.92 Å². The number of nitrogens with zero attached hydrogens (tertiary/aromatic N) is 1. The average molecular weight is 244 g/mol. The van der Waals surface area contributed by atoms with Crippen LogP contribution in [-0.4, -0.2) is 61.4 Å². The molecule has 0 atom stereocenters. The van der Waals surface area contributed by atoms with Crippen LogP contribution in [0.5, 0.6) is 0 Å². The van der Waals surface area contributed by atoms with E-state index >= 15 is 0 Å². The van der Waals surface area contributed by atoms with Gasteiger partial charge >= 0.3 is 0 Å². The Hall–Kier alpha value is -0.650. The Morgan fingerprint density at radius 1 is 1.53 bits per heavy atom. The van der Waals surface area contributed by atoms with Crippen molar-refractivity contribution in [1.82, 2.24) is 10.2 Å². The zero-order chi connectivity index (χ0) is 12.7. The van der Waals surface area contributed by atoms with E-state index in [-0.39, 0.29) is 18.6 Å². The second-order valence-electron chi connectivity index (χ2n) is 4.87. The van der Waals surface area contributed by atoms with Crippen LogP contribution in [0.3, 0.4) is 0 Å². The predicted octanol–water partition coefficient (Wildman–Crippen LogP) is -0.158. The zero-order valence-corrected chi connectivity index (χ0v) is 10.8. The molecule has 0 radical (unpaired) electrons. The van der Waals surface area contributed by atoms with Crippen molar-refractivity contribution in [3.8, 4) is 0 Å². The summed E-state index contributed by atoms with van der Waals surface area (Å²) < 4.78 is 5.38. The quantitative estimate of drug-likeness (QED) is 0.583. The summed E-state index contributed by atoms with van der Waals surface area (Å²) in [6.45, 7) is 7.70. The van der Waals surface area contributed by atoms with E-state index in [0.29, 0.717) is 25.6 Å². The highest BCUT2D eigenvalue weighted by molar-refractivity contribution is 5.78. The first-order valence-electron chi connectivity index (χ1n) is 6.33. The summed E-state index contributed by atoms with van der Waals surface area (Å²) in [6, 6.07) is 0. The van der Waals surface area contributed by atoms with E-state index in [1.54, 1.807) is 0 Å². The number of carbonyl (C=O) groups is 1. The fourth-order valence-electron chi connectivity index (χ4n) is 1.80. The van der Waals surface area contributed by atoms with E-state index in [1.165, 1.54) is 0 Å². The van der Waals surface area contributed by atoms with Gasteiger partial charge in [-0.1, -0.05) is 0 Å². The first-order valence-corrected chi connectivity index (χ1v) is 6.33. The molecule has 1 amide bonds. The number of hydrogen-bond donors (Lipinski definition) is 2. The van der Waals surface area contributed by atoms with Crippen LogP contribution in [-0.2, 0) is 9.53 Å². The molecule has 1 saturated heterocycles. The molecule has 0 aromatic rings. The Kier molecular flexibility index (Phi) is 6.47. The fourth-order valence-corrected chi connectivity index (χ4v) is 1.80. The van der Waals surface area contributed by atoms with Gasteiger partial charge in [0, 0.05) is 38.8 Å². The van der Waals surface area contributed by atoms with Crippen molar-refractivity contribution in [2.75, 3.05) is 39.4 Å². The number of aliphatic hydroxyl groups is 1. The average Bonchev–Trinajstić information content (AvgIpc) is 2.21. The SMILES string of the molecule is CC(C)OCCCNC(=O)CN1CC(CO)C1. The van der Waals surface area contributed by atoms with Crippen LogP contribution >= 0.6 is 0 Å². The molecule has 5 nitrogen and oxygen atoms in total. The number of likely N-dealkylation sites (tertiary alicyclic amines) is 1. The van der Waals surface area contributed by atoms with Crippen LogP contribution < -0.4 is 5.32 Å². The zero-order valence-electron chi connectivity index (χ0n) is 10.8. The number of amides is 1. The Bertz CT molecular complexity index is 228. The number of carbonyl (C=O) groups excluding carboxylic acids is 1. The van der Waals surface area contributed by atoms with Crippen molar-refractivity contribution in [3.05, 3.63) is 0 Å². The molecule has 0 aromatic carbocycles. The van der Waals surface area contributed by atoms with Crippen molar-refractivity contribution in [2.45, 2.75) is 26.4 Å². The van der Waals surface area contributed by atoms with Gasteiger partial charge in [-0.3, -0.25) is 9.69 Å². The second kappa shape index (κ2) is 7.63. The topological polar surface area (TPSA) is 61.8 Å². The van der Waals surface area contributed by atoms with Crippen molar-refractivity contribution in [2.24, 2.45) is 5.92 Å². The molecule has 0 saturated carbocycles. The van der Waals surface area contributed by atoms with Gasteiger partial charge in [0.2, 0.25) is 5.91 Å². The first-order chi connectivity index (χ1) is 8.11. The minimum absolute atomic E-state index is 0.0611. The third kappa shape index (κ3) is 6.00. The smallest absolute Gasteiger partial charge is 0.234 e. The van der Waals surface area contributed by atoms with E-state index in [9.17, 15) is 4.79 Å². The number of hydrogen-bond acceptors (Lipinski definition) is 4. The monoisotopic (exact) mass is 244 g/mol. The summed E-state index contributed by atoms with van der Waals surface area (Å²) in [5, 5.41) is 11.7. The highest BCUT2D eigenvalue weighted by Gasteiger charge is 2.26.